The number of hydrogen-bond acceptors (Lipinski definition) is 4. The molecule has 5 nitrogen and oxygen atoms in total. The lowest BCUT2D eigenvalue weighted by Gasteiger charge is -2.11. The molecule has 1 amide bonds. The molecule has 0 bridgehead atoms. The molecule has 128 valence electrons. The van der Waals surface area contributed by atoms with Crippen molar-refractivity contribution in [3.63, 3.8) is 0 Å². The summed E-state index contributed by atoms with van der Waals surface area (Å²) in [6.07, 6.45) is 0.348. The van der Waals surface area contributed by atoms with Crippen molar-refractivity contribution >= 4 is 5.91 Å². The van der Waals surface area contributed by atoms with E-state index in [4.69, 9.17) is 4.42 Å². The van der Waals surface area contributed by atoms with Gasteiger partial charge in [0.1, 0.15) is 5.82 Å². The number of hydrogen-bond donors (Lipinski definition) is 1. The number of benzene rings is 2. The van der Waals surface area contributed by atoms with Gasteiger partial charge in [0.15, 0.2) is 0 Å². The lowest BCUT2D eigenvalue weighted by atomic mass is 10.0. The molecule has 0 aliphatic carbocycles. The number of nitrogens with one attached hydrogen (secondary N) is 1. The van der Waals surface area contributed by atoms with Crippen LogP contribution in [0.1, 0.15) is 40.5 Å². The van der Waals surface area contributed by atoms with Gasteiger partial charge in [0.05, 0.1) is 6.42 Å². The molecule has 25 heavy (non-hydrogen) atoms. The van der Waals surface area contributed by atoms with Gasteiger partial charge >= 0.3 is 11.8 Å². The van der Waals surface area contributed by atoms with E-state index in [-0.39, 0.29) is 17.6 Å². The quantitative estimate of drug-likeness (QED) is 0.748. The maximum Gasteiger partial charge on any atom is 0.308 e. The van der Waals surface area contributed by atoms with E-state index in [2.05, 4.69) is 15.5 Å². The van der Waals surface area contributed by atoms with Gasteiger partial charge in [-0.15, -0.1) is 10.2 Å². The first-order chi connectivity index (χ1) is 12.1. The fourth-order valence-corrected chi connectivity index (χ4v) is 2.41. The molecule has 0 saturated carbocycles. The highest BCUT2D eigenvalue weighted by molar-refractivity contribution is 5.89. The minimum Gasteiger partial charge on any atom is -0.417 e. The molecule has 0 fully saturated rings. The minimum absolute atomic E-state index is 0.0719. The molecule has 0 unspecified atom stereocenters. The van der Waals surface area contributed by atoms with Crippen LogP contribution in [0.4, 0.5) is 4.39 Å². The Hall–Kier alpha value is -3.02. The van der Waals surface area contributed by atoms with E-state index in [1.807, 2.05) is 37.3 Å². The standard InChI is InChI=1S/C19H18FN3O2/c1-13(15-5-3-2-4-6-15)12-21-18(24)19-23-22-17(25-19)11-14-7-9-16(20)10-8-14/h2-10,13H,11-12H2,1H3,(H,21,24)/t13-/m1/s1. The first-order valence-electron chi connectivity index (χ1n) is 8.02. The van der Waals surface area contributed by atoms with Crippen LogP contribution in [0.2, 0.25) is 0 Å². The molecule has 3 rings (SSSR count). The predicted octanol–water partition coefficient (Wildman–Crippen LogP) is 3.33. The first kappa shape index (κ1) is 16.8. The zero-order valence-corrected chi connectivity index (χ0v) is 13.8. The average Bonchev–Trinajstić information content (AvgIpc) is 3.10. The number of rotatable bonds is 6. The van der Waals surface area contributed by atoms with E-state index in [9.17, 15) is 9.18 Å². The Kier molecular flexibility index (Phi) is 5.18. The maximum atomic E-state index is 12.9. The fourth-order valence-electron chi connectivity index (χ4n) is 2.41. The van der Waals surface area contributed by atoms with Crippen LogP contribution in [0.3, 0.4) is 0 Å². The van der Waals surface area contributed by atoms with Crippen LogP contribution >= 0.6 is 0 Å². The van der Waals surface area contributed by atoms with E-state index in [0.717, 1.165) is 11.1 Å². The molecule has 0 spiro atoms. The van der Waals surface area contributed by atoms with Gasteiger partial charge in [-0.1, -0.05) is 49.4 Å². The average molecular weight is 339 g/mol. The molecule has 0 aliphatic rings. The lowest BCUT2D eigenvalue weighted by molar-refractivity contribution is 0.0915. The molecule has 0 radical (unpaired) electrons. The third-order valence-electron chi connectivity index (χ3n) is 3.87. The van der Waals surface area contributed by atoms with E-state index < -0.39 is 5.91 Å². The molecule has 1 N–H and O–H groups in total. The molecule has 0 saturated heterocycles. The Morgan fingerprint density at radius 3 is 2.56 bits per heavy atom. The summed E-state index contributed by atoms with van der Waals surface area (Å²) in [5.41, 5.74) is 1.97. The van der Waals surface area contributed by atoms with Crippen molar-refractivity contribution in [1.82, 2.24) is 15.5 Å². The van der Waals surface area contributed by atoms with E-state index in [1.165, 1.54) is 12.1 Å². The summed E-state index contributed by atoms with van der Waals surface area (Å²) in [4.78, 5) is 12.1. The largest absolute Gasteiger partial charge is 0.417 e. The highest BCUT2D eigenvalue weighted by Crippen LogP contribution is 2.14. The van der Waals surface area contributed by atoms with Crippen LogP contribution in [0.25, 0.3) is 0 Å². The maximum absolute atomic E-state index is 12.9. The summed E-state index contributed by atoms with van der Waals surface area (Å²) >= 11 is 0. The van der Waals surface area contributed by atoms with E-state index in [0.29, 0.717) is 18.9 Å². The second-order valence-corrected chi connectivity index (χ2v) is 5.83. The second-order valence-electron chi connectivity index (χ2n) is 5.83. The van der Waals surface area contributed by atoms with E-state index >= 15 is 0 Å². The molecule has 0 aliphatic heterocycles. The number of amides is 1. The van der Waals surface area contributed by atoms with Crippen LogP contribution in [-0.4, -0.2) is 22.6 Å². The highest BCUT2D eigenvalue weighted by Gasteiger charge is 2.16. The number of nitrogens with zero attached hydrogens (tertiary/aromatic N) is 2. The van der Waals surface area contributed by atoms with Gasteiger partial charge in [-0.25, -0.2) is 4.39 Å². The molecular formula is C19H18FN3O2. The Morgan fingerprint density at radius 2 is 1.84 bits per heavy atom. The van der Waals surface area contributed by atoms with Crippen molar-refractivity contribution < 1.29 is 13.6 Å². The third-order valence-corrected chi connectivity index (χ3v) is 3.87. The Morgan fingerprint density at radius 1 is 1.12 bits per heavy atom. The summed E-state index contributed by atoms with van der Waals surface area (Å²) in [5.74, 6) is -0.292. The molecule has 1 heterocycles. The number of carbonyl (C=O) groups is 1. The SMILES string of the molecule is C[C@H](CNC(=O)c1nnc(Cc2ccc(F)cc2)o1)c1ccccc1. The summed E-state index contributed by atoms with van der Waals surface area (Å²) in [6, 6.07) is 15.9. The van der Waals surface area contributed by atoms with Gasteiger partial charge in [-0.05, 0) is 29.2 Å². The van der Waals surface area contributed by atoms with Crippen LogP contribution in [-0.2, 0) is 6.42 Å². The third kappa shape index (κ3) is 4.50. The highest BCUT2D eigenvalue weighted by atomic mass is 19.1. The Bertz CT molecular complexity index is 831. The predicted molar refractivity (Wildman–Crippen MR) is 90.7 cm³/mol. The summed E-state index contributed by atoms with van der Waals surface area (Å²) in [6.45, 7) is 2.50. The van der Waals surface area contributed by atoms with Crippen LogP contribution in [0.5, 0.6) is 0 Å². The number of halogens is 1. The smallest absolute Gasteiger partial charge is 0.308 e. The topological polar surface area (TPSA) is 68.0 Å². The zero-order valence-electron chi connectivity index (χ0n) is 13.8. The van der Waals surface area contributed by atoms with Crippen molar-refractivity contribution in [1.29, 1.82) is 0 Å². The molecule has 6 heteroatoms. The summed E-state index contributed by atoms with van der Waals surface area (Å²) in [7, 11) is 0. The van der Waals surface area contributed by atoms with Crippen LogP contribution < -0.4 is 5.32 Å². The van der Waals surface area contributed by atoms with Crippen LogP contribution in [0.15, 0.2) is 59.0 Å². The molecule has 1 aromatic heterocycles. The van der Waals surface area contributed by atoms with Gasteiger partial charge < -0.3 is 9.73 Å². The van der Waals surface area contributed by atoms with Crippen molar-refractivity contribution in [2.75, 3.05) is 6.54 Å². The van der Waals surface area contributed by atoms with Crippen molar-refractivity contribution in [2.45, 2.75) is 19.3 Å². The fraction of sp³-hybridized carbons (Fsp3) is 0.211. The van der Waals surface area contributed by atoms with Gasteiger partial charge in [0.25, 0.3) is 0 Å². The van der Waals surface area contributed by atoms with Crippen molar-refractivity contribution in [2.24, 2.45) is 0 Å². The van der Waals surface area contributed by atoms with Gasteiger partial charge in [0.2, 0.25) is 5.89 Å². The van der Waals surface area contributed by atoms with Crippen molar-refractivity contribution in [3.05, 3.63) is 83.3 Å². The zero-order chi connectivity index (χ0) is 17.6. The second kappa shape index (κ2) is 7.70. The summed E-state index contributed by atoms with van der Waals surface area (Å²) in [5, 5.41) is 10.4. The minimum atomic E-state index is -0.402. The molecular weight excluding hydrogens is 321 g/mol. The molecule has 3 aromatic rings. The first-order valence-corrected chi connectivity index (χ1v) is 8.02. The number of carbonyl (C=O) groups excluding carboxylic acids is 1. The lowest BCUT2D eigenvalue weighted by Crippen LogP contribution is -2.27. The summed E-state index contributed by atoms with van der Waals surface area (Å²) < 4.78 is 18.3. The van der Waals surface area contributed by atoms with Gasteiger partial charge in [-0.2, -0.15) is 0 Å². The van der Waals surface area contributed by atoms with Gasteiger partial charge in [-0.3, -0.25) is 4.79 Å². The van der Waals surface area contributed by atoms with Crippen LogP contribution in [0, 0.1) is 5.82 Å². The normalized spacial score (nSPS) is 11.9. The number of aromatic nitrogens is 2. The van der Waals surface area contributed by atoms with Gasteiger partial charge in [0, 0.05) is 6.54 Å². The monoisotopic (exact) mass is 339 g/mol. The molecule has 1 atom stereocenters. The van der Waals surface area contributed by atoms with Crippen molar-refractivity contribution in [3.8, 4) is 0 Å². The Balaban J connectivity index is 1.56. The van der Waals surface area contributed by atoms with E-state index in [1.54, 1.807) is 12.1 Å². The Labute approximate surface area is 144 Å². The molecule has 2 aromatic carbocycles.